The molecule has 1 aliphatic rings. The quantitative estimate of drug-likeness (QED) is 0.662. The van der Waals surface area contributed by atoms with E-state index in [4.69, 9.17) is 0 Å². The molecule has 3 aromatic rings. The Labute approximate surface area is 165 Å². The Morgan fingerprint density at radius 3 is 2.64 bits per heavy atom. The molecule has 2 heterocycles. The van der Waals surface area contributed by atoms with Crippen LogP contribution in [0.25, 0.3) is 0 Å². The standard InChI is InChI=1S/C23H24N4O/c1-17-14-19-11-5-6-12-21(19)27(17)23(28)20-15-26-22(16-25-20)24-13-7-10-18-8-3-2-4-9-18/h2-6,8-9,11-12,15-17H,7,10,13-14H2,1H3,(H,24,26). The average Bonchev–Trinajstić information content (AvgIpc) is 3.07. The number of benzene rings is 2. The third-order valence-corrected chi connectivity index (χ3v) is 5.09. The van der Waals surface area contributed by atoms with Crippen molar-refractivity contribution in [3.05, 3.63) is 83.8 Å². The molecule has 0 saturated heterocycles. The maximum absolute atomic E-state index is 13.0. The van der Waals surface area contributed by atoms with Crippen molar-refractivity contribution in [2.45, 2.75) is 32.2 Å². The number of anilines is 2. The van der Waals surface area contributed by atoms with Crippen LogP contribution in [0.15, 0.2) is 67.0 Å². The van der Waals surface area contributed by atoms with Crippen molar-refractivity contribution < 1.29 is 4.79 Å². The van der Waals surface area contributed by atoms with E-state index in [1.807, 2.05) is 29.2 Å². The summed E-state index contributed by atoms with van der Waals surface area (Å²) in [7, 11) is 0. The number of hydrogen-bond donors (Lipinski definition) is 1. The van der Waals surface area contributed by atoms with E-state index >= 15 is 0 Å². The maximum Gasteiger partial charge on any atom is 0.278 e. The minimum atomic E-state index is -0.0967. The molecule has 2 aromatic carbocycles. The van der Waals surface area contributed by atoms with Gasteiger partial charge in [-0.05, 0) is 43.4 Å². The van der Waals surface area contributed by atoms with Gasteiger partial charge in [-0.3, -0.25) is 4.79 Å². The second-order valence-electron chi connectivity index (χ2n) is 7.16. The third-order valence-electron chi connectivity index (χ3n) is 5.09. The predicted molar refractivity (Wildman–Crippen MR) is 112 cm³/mol. The fourth-order valence-corrected chi connectivity index (χ4v) is 3.68. The molecule has 1 atom stereocenters. The number of carbonyl (C=O) groups is 1. The topological polar surface area (TPSA) is 58.1 Å². The van der Waals surface area contributed by atoms with Crippen molar-refractivity contribution in [3.8, 4) is 0 Å². The zero-order valence-electron chi connectivity index (χ0n) is 16.0. The highest BCUT2D eigenvalue weighted by molar-refractivity contribution is 6.06. The molecular weight excluding hydrogens is 348 g/mol. The summed E-state index contributed by atoms with van der Waals surface area (Å²) < 4.78 is 0. The number of rotatable bonds is 6. The minimum absolute atomic E-state index is 0.0967. The number of hydrogen-bond acceptors (Lipinski definition) is 4. The average molecular weight is 372 g/mol. The first kappa shape index (κ1) is 18.2. The predicted octanol–water partition coefficient (Wildman–Crippen LogP) is 4.11. The lowest BCUT2D eigenvalue weighted by atomic mass is 10.1. The number of aromatic nitrogens is 2. The van der Waals surface area contributed by atoms with Gasteiger partial charge in [-0.2, -0.15) is 0 Å². The number of amides is 1. The molecule has 28 heavy (non-hydrogen) atoms. The monoisotopic (exact) mass is 372 g/mol. The third kappa shape index (κ3) is 3.88. The first-order valence-corrected chi connectivity index (χ1v) is 9.73. The van der Waals surface area contributed by atoms with Crippen LogP contribution in [0, 0.1) is 0 Å². The highest BCUT2D eigenvalue weighted by Gasteiger charge is 2.31. The second kappa shape index (κ2) is 8.21. The summed E-state index contributed by atoms with van der Waals surface area (Å²) in [5.74, 6) is 0.597. The van der Waals surface area contributed by atoms with E-state index in [0.717, 1.165) is 31.5 Å². The highest BCUT2D eigenvalue weighted by Crippen LogP contribution is 2.32. The van der Waals surface area contributed by atoms with Gasteiger partial charge in [-0.1, -0.05) is 48.5 Å². The van der Waals surface area contributed by atoms with Crippen molar-refractivity contribution in [1.82, 2.24) is 9.97 Å². The van der Waals surface area contributed by atoms with Gasteiger partial charge in [0.15, 0.2) is 0 Å². The zero-order chi connectivity index (χ0) is 19.3. The van der Waals surface area contributed by atoms with Crippen molar-refractivity contribution in [2.24, 2.45) is 0 Å². The first-order valence-electron chi connectivity index (χ1n) is 9.73. The Morgan fingerprint density at radius 2 is 1.86 bits per heavy atom. The van der Waals surface area contributed by atoms with E-state index in [-0.39, 0.29) is 11.9 Å². The van der Waals surface area contributed by atoms with Gasteiger partial charge >= 0.3 is 0 Å². The zero-order valence-corrected chi connectivity index (χ0v) is 16.0. The van der Waals surface area contributed by atoms with E-state index in [2.05, 4.69) is 52.5 Å². The van der Waals surface area contributed by atoms with Crippen LogP contribution in [0.3, 0.4) is 0 Å². The lowest BCUT2D eigenvalue weighted by Gasteiger charge is -2.22. The van der Waals surface area contributed by atoms with Crippen LogP contribution in [0.5, 0.6) is 0 Å². The molecule has 1 amide bonds. The summed E-state index contributed by atoms with van der Waals surface area (Å²) in [5, 5.41) is 3.28. The van der Waals surface area contributed by atoms with Crippen molar-refractivity contribution in [1.29, 1.82) is 0 Å². The molecule has 0 bridgehead atoms. The van der Waals surface area contributed by atoms with Crippen molar-refractivity contribution in [3.63, 3.8) is 0 Å². The molecule has 0 spiro atoms. The summed E-state index contributed by atoms with van der Waals surface area (Å²) in [6.07, 6.45) is 6.10. The van der Waals surface area contributed by atoms with Gasteiger partial charge in [0.2, 0.25) is 0 Å². The molecule has 0 aliphatic carbocycles. The van der Waals surface area contributed by atoms with Crippen LogP contribution in [-0.2, 0) is 12.8 Å². The molecule has 142 valence electrons. The normalized spacial score (nSPS) is 15.3. The van der Waals surface area contributed by atoms with E-state index in [1.165, 1.54) is 11.1 Å². The van der Waals surface area contributed by atoms with Crippen molar-refractivity contribution >= 4 is 17.4 Å². The van der Waals surface area contributed by atoms with Crippen LogP contribution in [0.4, 0.5) is 11.5 Å². The summed E-state index contributed by atoms with van der Waals surface area (Å²) >= 11 is 0. The Balaban J connectivity index is 1.35. The van der Waals surface area contributed by atoms with Gasteiger partial charge in [-0.15, -0.1) is 0 Å². The fourth-order valence-electron chi connectivity index (χ4n) is 3.68. The molecular formula is C23H24N4O. The number of nitrogens with one attached hydrogen (secondary N) is 1. The largest absolute Gasteiger partial charge is 0.369 e. The van der Waals surface area contributed by atoms with Gasteiger partial charge in [0.05, 0.1) is 12.4 Å². The molecule has 4 rings (SSSR count). The number of aryl methyl sites for hydroxylation is 1. The van der Waals surface area contributed by atoms with Crippen molar-refractivity contribution in [2.75, 3.05) is 16.8 Å². The van der Waals surface area contributed by atoms with Gasteiger partial charge in [0.1, 0.15) is 11.5 Å². The lowest BCUT2D eigenvalue weighted by molar-refractivity contribution is 0.0976. The van der Waals surface area contributed by atoms with E-state index in [9.17, 15) is 4.79 Å². The molecule has 1 N–H and O–H groups in total. The number of para-hydroxylation sites is 1. The minimum Gasteiger partial charge on any atom is -0.369 e. The van der Waals surface area contributed by atoms with Crippen LogP contribution in [0.1, 0.15) is 35.0 Å². The molecule has 1 aliphatic heterocycles. The fraction of sp³-hybridized carbons (Fsp3) is 0.261. The molecule has 0 saturated carbocycles. The van der Waals surface area contributed by atoms with Gasteiger partial charge < -0.3 is 10.2 Å². The van der Waals surface area contributed by atoms with Crippen LogP contribution < -0.4 is 10.2 Å². The second-order valence-corrected chi connectivity index (χ2v) is 7.16. The number of nitrogens with zero attached hydrogens (tertiary/aromatic N) is 3. The Morgan fingerprint density at radius 1 is 1.07 bits per heavy atom. The van der Waals surface area contributed by atoms with Crippen LogP contribution >= 0.6 is 0 Å². The molecule has 5 heteroatoms. The van der Waals surface area contributed by atoms with Gasteiger partial charge in [-0.25, -0.2) is 9.97 Å². The summed E-state index contributed by atoms with van der Waals surface area (Å²) in [6, 6.07) is 18.6. The van der Waals surface area contributed by atoms with Crippen LogP contribution in [0.2, 0.25) is 0 Å². The van der Waals surface area contributed by atoms with E-state index in [1.54, 1.807) is 12.4 Å². The number of carbonyl (C=O) groups excluding carboxylic acids is 1. The molecule has 0 fully saturated rings. The summed E-state index contributed by atoms with van der Waals surface area (Å²) in [5.41, 5.74) is 3.88. The van der Waals surface area contributed by atoms with Gasteiger partial charge in [0, 0.05) is 18.3 Å². The summed E-state index contributed by atoms with van der Waals surface area (Å²) in [6.45, 7) is 2.88. The maximum atomic E-state index is 13.0. The van der Waals surface area contributed by atoms with E-state index in [0.29, 0.717) is 11.5 Å². The Hall–Kier alpha value is -3.21. The molecule has 5 nitrogen and oxygen atoms in total. The highest BCUT2D eigenvalue weighted by atomic mass is 16.2. The molecule has 1 unspecified atom stereocenters. The molecule has 0 radical (unpaired) electrons. The summed E-state index contributed by atoms with van der Waals surface area (Å²) in [4.78, 5) is 23.5. The lowest BCUT2D eigenvalue weighted by Crippen LogP contribution is -2.36. The Bertz CT molecular complexity index is 940. The first-order chi connectivity index (χ1) is 13.7. The molecule has 1 aromatic heterocycles. The van der Waals surface area contributed by atoms with E-state index < -0.39 is 0 Å². The number of fused-ring (bicyclic) bond motifs is 1. The SMILES string of the molecule is CC1Cc2ccccc2N1C(=O)c1cnc(NCCCc2ccccc2)cn1. The smallest absolute Gasteiger partial charge is 0.278 e. The van der Waals surface area contributed by atoms with Gasteiger partial charge in [0.25, 0.3) is 5.91 Å². The van der Waals surface area contributed by atoms with Crippen LogP contribution in [-0.4, -0.2) is 28.5 Å². The Kier molecular flexibility index (Phi) is 5.33.